The van der Waals surface area contributed by atoms with Gasteiger partial charge in [0.1, 0.15) is 0 Å². The molecule has 4 saturated heterocycles. The van der Waals surface area contributed by atoms with Crippen LogP contribution in [-0.2, 0) is 4.52 Å². The van der Waals surface area contributed by atoms with E-state index in [2.05, 4.69) is 227 Å². The van der Waals surface area contributed by atoms with Crippen molar-refractivity contribution in [1.82, 2.24) is 57.9 Å². The van der Waals surface area contributed by atoms with Gasteiger partial charge in [-0.3, -0.25) is 0 Å². The average Bonchev–Trinajstić information content (AvgIpc) is 3.93. The first-order valence-corrected chi connectivity index (χ1v) is 30.1. The SMILES string of the molecule is COP(N=C1P(N(C)C)CCC1(N(C)C)N(C)C)(N=C1P(N(C)C)CCC1(N(C)C)N(C)C)(N=C1P(N(C)C)CCC1(N(C)C)N(C)C)N=C1P(N(C)C)CCC1(N(C)C)N(C)C. The molecule has 0 radical (unpaired) electrons. The van der Waals surface area contributed by atoms with Gasteiger partial charge < -0.3 is 0 Å². The molecule has 4 aliphatic heterocycles. The number of hydrogen-bond donors (Lipinski definition) is 0. The standard InChI is InChI=1S/C41H91N16OP5/c1-46(2)38(47(3)4)26-30-59(54(17)18)34(38)42-63(58-25,43-35-39(48(5)6,49(7)8)27-31-60(35)55(19)20,44-36-40(50(9)10,51(11)12)28-32-61(36)56(21)22)45-37-41(52(13)14,53(15)16)29-33-62(37)57(23)24/h26-33H2,1-25H3. The summed E-state index contributed by atoms with van der Waals surface area (Å²) in [7, 11) is 46.1. The molecule has 0 spiro atoms. The summed E-state index contributed by atoms with van der Waals surface area (Å²) in [5, 5.41) is 0. The van der Waals surface area contributed by atoms with Gasteiger partial charge in [-0.2, -0.15) is 0 Å². The molecule has 63 heavy (non-hydrogen) atoms. The Morgan fingerprint density at radius 3 is 0.603 bits per heavy atom. The van der Waals surface area contributed by atoms with Gasteiger partial charge in [-0.1, -0.05) is 0 Å². The first kappa shape index (κ1) is 55.9. The van der Waals surface area contributed by atoms with Crippen LogP contribution < -0.4 is 0 Å². The van der Waals surface area contributed by atoms with Gasteiger partial charge in [-0.05, 0) is 0 Å². The van der Waals surface area contributed by atoms with Crippen molar-refractivity contribution < 1.29 is 4.52 Å². The topological polar surface area (TPSA) is 97.5 Å². The zero-order valence-electron chi connectivity index (χ0n) is 44.5. The van der Waals surface area contributed by atoms with Crippen LogP contribution in [0.3, 0.4) is 0 Å². The zero-order valence-corrected chi connectivity index (χ0v) is 48.9. The third kappa shape index (κ3) is 9.28. The molecule has 22 heteroatoms. The molecule has 0 aliphatic carbocycles. The molecule has 0 aromatic carbocycles. The molecule has 4 fully saturated rings. The van der Waals surface area contributed by atoms with Crippen molar-refractivity contribution in [2.45, 2.75) is 48.3 Å². The summed E-state index contributed by atoms with van der Waals surface area (Å²) in [6.07, 6.45) is 7.56. The molecule has 0 amide bonds. The minimum absolute atomic E-state index is 0.537. The maximum atomic E-state index is 7.70. The molecule has 0 saturated carbocycles. The van der Waals surface area contributed by atoms with Crippen LogP contribution in [0.15, 0.2) is 19.1 Å². The van der Waals surface area contributed by atoms with Gasteiger partial charge in [0.05, 0.1) is 0 Å². The average molecular weight is 979 g/mol. The number of hydrogen-bond acceptors (Lipinski definition) is 17. The molecule has 0 aromatic heterocycles. The van der Waals surface area contributed by atoms with Gasteiger partial charge in [0.2, 0.25) is 0 Å². The Morgan fingerprint density at radius 2 is 0.492 bits per heavy atom. The van der Waals surface area contributed by atoms with E-state index < -0.39 is 62.4 Å². The third-order valence-corrected chi connectivity index (χ3v) is 28.1. The van der Waals surface area contributed by atoms with Crippen molar-refractivity contribution in [3.05, 3.63) is 0 Å². The van der Waals surface area contributed by atoms with E-state index in [1.165, 1.54) is 0 Å². The Balaban J connectivity index is 2.64. The minimum atomic E-state index is -5.12. The fourth-order valence-electron chi connectivity index (χ4n) is 10.8. The molecule has 0 bridgehead atoms. The van der Waals surface area contributed by atoms with Crippen LogP contribution in [0.1, 0.15) is 25.7 Å². The van der Waals surface area contributed by atoms with Crippen LogP contribution in [0.25, 0.3) is 0 Å². The second-order valence-corrected chi connectivity index (χ2v) is 32.8. The predicted octanol–water partition coefficient (Wildman–Crippen LogP) is 5.08. The Morgan fingerprint density at radius 1 is 0.333 bits per heavy atom. The summed E-state index contributed by atoms with van der Waals surface area (Å²) in [6, 6.07) is 0. The predicted molar refractivity (Wildman–Crippen MR) is 284 cm³/mol. The second kappa shape index (κ2) is 20.3. The van der Waals surface area contributed by atoms with Gasteiger partial charge in [0, 0.05) is 0 Å². The van der Waals surface area contributed by atoms with Crippen LogP contribution in [0.2, 0.25) is 0 Å². The molecule has 0 N–H and O–H groups in total. The summed E-state index contributed by atoms with van der Waals surface area (Å²) in [4.78, 5) is 19.0. The molecule has 4 heterocycles. The summed E-state index contributed by atoms with van der Waals surface area (Å²) in [6.45, 7) is 0. The van der Waals surface area contributed by atoms with Gasteiger partial charge >= 0.3 is 392 Å². The van der Waals surface area contributed by atoms with E-state index >= 15 is 0 Å². The normalized spacial score (nSPS) is 29.7. The Labute approximate surface area is 390 Å². The van der Waals surface area contributed by atoms with E-state index in [-0.39, 0.29) is 0 Å². The molecule has 17 nitrogen and oxygen atoms in total. The van der Waals surface area contributed by atoms with Gasteiger partial charge in [-0.15, -0.1) is 0 Å². The van der Waals surface area contributed by atoms with E-state index in [1.54, 1.807) is 0 Å². The molecule has 0 aromatic rings. The first-order valence-electron chi connectivity index (χ1n) is 22.2. The van der Waals surface area contributed by atoms with Crippen LogP contribution in [0.4, 0.5) is 0 Å². The Kier molecular flexibility index (Phi) is 18.0. The van der Waals surface area contributed by atoms with Crippen molar-refractivity contribution in [2.24, 2.45) is 19.1 Å². The van der Waals surface area contributed by atoms with Crippen molar-refractivity contribution in [3.63, 3.8) is 0 Å². The fourth-order valence-corrected chi connectivity index (χ4v) is 26.6. The van der Waals surface area contributed by atoms with Crippen LogP contribution >= 0.6 is 39.7 Å². The Hall–Kier alpha value is 0.310. The first-order chi connectivity index (χ1) is 29.0. The van der Waals surface area contributed by atoms with Crippen LogP contribution in [-0.4, -0.2) is 303 Å². The summed E-state index contributed by atoms with van der Waals surface area (Å²) in [5.74, 6) is 0. The van der Waals surface area contributed by atoms with E-state index in [0.717, 1.165) is 72.1 Å². The monoisotopic (exact) mass is 979 g/mol. The van der Waals surface area contributed by atoms with Crippen molar-refractivity contribution >= 4 is 61.5 Å². The quantitative estimate of drug-likeness (QED) is 0.144. The van der Waals surface area contributed by atoms with Gasteiger partial charge in [-0.25, -0.2) is 0 Å². The summed E-state index contributed by atoms with van der Waals surface area (Å²) >= 11 is 0. The molecule has 4 aliphatic rings. The molecular weight excluding hydrogens is 887 g/mol. The molecule has 366 valence electrons. The van der Waals surface area contributed by atoms with E-state index in [9.17, 15) is 0 Å². The fraction of sp³-hybridized carbons (Fsp3) is 0.902. The second-order valence-electron chi connectivity index (χ2n) is 20.0. The summed E-state index contributed by atoms with van der Waals surface area (Å²) in [5.41, 5.74) is 2.14. The third-order valence-electron chi connectivity index (χ3n) is 14.4. The van der Waals surface area contributed by atoms with E-state index in [4.69, 9.17) is 23.6 Å². The molecule has 4 rings (SSSR count). The van der Waals surface area contributed by atoms with Crippen LogP contribution in [0.5, 0.6) is 0 Å². The molecular formula is C41H91N16OP5. The number of rotatable bonds is 17. The van der Waals surface area contributed by atoms with E-state index in [1.807, 2.05) is 7.11 Å². The van der Waals surface area contributed by atoms with E-state index in [0.29, 0.717) is 0 Å². The molecule has 4 atom stereocenters. The van der Waals surface area contributed by atoms with Crippen LogP contribution in [0, 0.1) is 0 Å². The Bertz CT molecular complexity index is 1450. The maximum absolute atomic E-state index is 7.70. The van der Waals surface area contributed by atoms with Gasteiger partial charge in [0.15, 0.2) is 0 Å². The number of nitrogens with zero attached hydrogens (tertiary/aromatic N) is 16. The van der Waals surface area contributed by atoms with Gasteiger partial charge in [0.25, 0.3) is 0 Å². The van der Waals surface area contributed by atoms with Crippen molar-refractivity contribution in [2.75, 3.05) is 201 Å². The zero-order chi connectivity index (χ0) is 48.2. The van der Waals surface area contributed by atoms with Crippen molar-refractivity contribution in [3.8, 4) is 0 Å². The molecule has 4 unspecified atom stereocenters. The van der Waals surface area contributed by atoms with Crippen molar-refractivity contribution in [1.29, 1.82) is 0 Å². The summed E-state index contributed by atoms with van der Waals surface area (Å²) < 4.78 is 43.4.